The molecule has 6 heteroatoms. The molecule has 20 heavy (non-hydrogen) atoms. The molecule has 2 heterocycles. The average molecular weight is 274 g/mol. The van der Waals surface area contributed by atoms with Crippen LogP contribution in [0.25, 0.3) is 0 Å². The first-order valence-electron chi connectivity index (χ1n) is 6.07. The molecule has 0 amide bonds. The van der Waals surface area contributed by atoms with Gasteiger partial charge in [-0.25, -0.2) is 4.79 Å². The Kier molecular flexibility index (Phi) is 3.80. The van der Waals surface area contributed by atoms with Crippen molar-refractivity contribution >= 4 is 5.97 Å². The first-order valence-corrected chi connectivity index (χ1v) is 6.07. The Hall–Kier alpha value is -2.68. The van der Waals surface area contributed by atoms with E-state index in [4.69, 9.17) is 19.6 Å². The molecular formula is C14H14N2O4. The van der Waals surface area contributed by atoms with Crippen molar-refractivity contribution < 1.29 is 18.7 Å². The summed E-state index contributed by atoms with van der Waals surface area (Å²) < 4.78 is 15.3. The van der Waals surface area contributed by atoms with E-state index in [1.54, 1.807) is 19.9 Å². The summed E-state index contributed by atoms with van der Waals surface area (Å²) >= 11 is 0. The molecule has 1 aromatic heterocycles. The van der Waals surface area contributed by atoms with Crippen molar-refractivity contribution in [3.8, 4) is 6.07 Å². The molecule has 0 unspecified atom stereocenters. The van der Waals surface area contributed by atoms with E-state index in [0.29, 0.717) is 11.3 Å². The van der Waals surface area contributed by atoms with E-state index in [-0.39, 0.29) is 23.6 Å². The van der Waals surface area contributed by atoms with Crippen LogP contribution in [-0.4, -0.2) is 12.6 Å². The van der Waals surface area contributed by atoms with Crippen LogP contribution in [0.1, 0.15) is 25.3 Å². The number of furan rings is 1. The summed E-state index contributed by atoms with van der Waals surface area (Å²) in [4.78, 5) is 12.1. The molecule has 0 bridgehead atoms. The largest absolute Gasteiger partial charge is 0.472 e. The van der Waals surface area contributed by atoms with Crippen LogP contribution in [0.5, 0.6) is 0 Å². The van der Waals surface area contributed by atoms with Crippen molar-refractivity contribution in [3.63, 3.8) is 0 Å². The first-order chi connectivity index (χ1) is 9.60. The van der Waals surface area contributed by atoms with Crippen molar-refractivity contribution in [1.82, 2.24) is 0 Å². The van der Waals surface area contributed by atoms with E-state index < -0.39 is 11.9 Å². The van der Waals surface area contributed by atoms with E-state index in [1.165, 1.54) is 12.5 Å². The summed E-state index contributed by atoms with van der Waals surface area (Å²) in [5.74, 6) is -0.849. The SMILES string of the molecule is CCOC(=O)C1=C(C)OC(N)=C(C#N)[C@H]1c1ccoc1. The third kappa shape index (κ3) is 2.26. The number of nitriles is 1. The molecule has 1 aliphatic heterocycles. The number of nitrogens with zero attached hydrogens (tertiary/aromatic N) is 1. The zero-order valence-corrected chi connectivity index (χ0v) is 11.2. The van der Waals surface area contributed by atoms with Crippen LogP contribution in [0.2, 0.25) is 0 Å². The second-order valence-electron chi connectivity index (χ2n) is 4.17. The normalized spacial score (nSPS) is 18.6. The maximum Gasteiger partial charge on any atom is 0.338 e. The predicted octanol–water partition coefficient (Wildman–Crippen LogP) is 1.92. The van der Waals surface area contributed by atoms with E-state index >= 15 is 0 Å². The van der Waals surface area contributed by atoms with E-state index in [9.17, 15) is 10.1 Å². The maximum absolute atomic E-state index is 12.1. The maximum atomic E-state index is 12.1. The molecule has 1 aromatic rings. The van der Waals surface area contributed by atoms with Crippen LogP contribution < -0.4 is 5.73 Å². The fourth-order valence-electron chi connectivity index (χ4n) is 2.13. The van der Waals surface area contributed by atoms with Gasteiger partial charge < -0.3 is 19.6 Å². The van der Waals surface area contributed by atoms with Crippen molar-refractivity contribution in [2.24, 2.45) is 5.73 Å². The standard InChI is InChI=1S/C14H14N2O4/c1-3-19-14(17)11-8(2)20-13(16)10(6-15)12(11)9-4-5-18-7-9/h4-5,7,12H,3,16H2,1-2H3/t12-/m1/s1. The summed E-state index contributed by atoms with van der Waals surface area (Å²) in [7, 11) is 0. The Morgan fingerprint density at radius 2 is 2.35 bits per heavy atom. The first kappa shape index (κ1) is 13.7. The number of carbonyl (C=O) groups is 1. The molecule has 1 atom stereocenters. The van der Waals surface area contributed by atoms with Crippen LogP contribution in [0.3, 0.4) is 0 Å². The van der Waals surface area contributed by atoms with Gasteiger partial charge in [0.2, 0.25) is 5.88 Å². The fraction of sp³-hybridized carbons (Fsp3) is 0.286. The number of ether oxygens (including phenoxy) is 2. The highest BCUT2D eigenvalue weighted by molar-refractivity contribution is 5.92. The van der Waals surface area contributed by atoms with E-state index in [0.717, 1.165) is 0 Å². The highest BCUT2D eigenvalue weighted by Crippen LogP contribution is 2.39. The lowest BCUT2D eigenvalue weighted by molar-refractivity contribution is -0.139. The Labute approximate surface area is 116 Å². The van der Waals surface area contributed by atoms with Gasteiger partial charge in [-0.3, -0.25) is 0 Å². The summed E-state index contributed by atoms with van der Waals surface area (Å²) in [5.41, 5.74) is 6.81. The van der Waals surface area contributed by atoms with Crippen molar-refractivity contribution in [2.45, 2.75) is 19.8 Å². The minimum absolute atomic E-state index is 0.00996. The Balaban J connectivity index is 2.55. The number of allylic oxidation sites excluding steroid dienone is 2. The smallest absolute Gasteiger partial charge is 0.338 e. The quantitative estimate of drug-likeness (QED) is 0.845. The summed E-state index contributed by atoms with van der Waals surface area (Å²) in [6, 6.07) is 3.66. The summed E-state index contributed by atoms with van der Waals surface area (Å²) in [5, 5.41) is 9.27. The van der Waals surface area contributed by atoms with Gasteiger partial charge in [-0.05, 0) is 19.9 Å². The Bertz CT molecular complexity index is 620. The fourth-order valence-corrected chi connectivity index (χ4v) is 2.13. The van der Waals surface area contributed by atoms with Crippen LogP contribution in [0, 0.1) is 11.3 Å². The Morgan fingerprint density at radius 1 is 1.60 bits per heavy atom. The molecule has 0 aliphatic carbocycles. The van der Waals surface area contributed by atoms with Gasteiger partial charge in [0.15, 0.2) is 0 Å². The van der Waals surface area contributed by atoms with Gasteiger partial charge >= 0.3 is 5.97 Å². The molecule has 0 spiro atoms. The van der Waals surface area contributed by atoms with Gasteiger partial charge in [0.25, 0.3) is 0 Å². The van der Waals surface area contributed by atoms with E-state index in [2.05, 4.69) is 0 Å². The van der Waals surface area contributed by atoms with Crippen molar-refractivity contribution in [3.05, 3.63) is 46.9 Å². The van der Waals surface area contributed by atoms with Gasteiger partial charge in [-0.1, -0.05) is 0 Å². The van der Waals surface area contributed by atoms with Crippen LogP contribution >= 0.6 is 0 Å². The third-order valence-corrected chi connectivity index (χ3v) is 2.98. The van der Waals surface area contributed by atoms with Crippen molar-refractivity contribution in [2.75, 3.05) is 6.61 Å². The zero-order valence-electron chi connectivity index (χ0n) is 11.2. The molecule has 104 valence electrons. The molecule has 0 aromatic carbocycles. The summed E-state index contributed by atoms with van der Waals surface area (Å²) in [6.07, 6.45) is 2.93. The number of esters is 1. The minimum atomic E-state index is -0.633. The lowest BCUT2D eigenvalue weighted by Crippen LogP contribution is -2.25. The number of hydrogen-bond donors (Lipinski definition) is 1. The average Bonchev–Trinajstić information content (AvgIpc) is 2.91. The van der Waals surface area contributed by atoms with Crippen molar-refractivity contribution in [1.29, 1.82) is 5.26 Å². The monoisotopic (exact) mass is 274 g/mol. The molecule has 6 nitrogen and oxygen atoms in total. The zero-order chi connectivity index (χ0) is 14.7. The molecule has 0 radical (unpaired) electrons. The number of carbonyl (C=O) groups excluding carboxylic acids is 1. The Morgan fingerprint density at radius 3 is 2.90 bits per heavy atom. The molecule has 1 aliphatic rings. The van der Waals surface area contributed by atoms with Crippen LogP contribution in [-0.2, 0) is 14.3 Å². The van der Waals surface area contributed by atoms with Gasteiger partial charge in [0.1, 0.15) is 17.4 Å². The minimum Gasteiger partial charge on any atom is -0.472 e. The third-order valence-electron chi connectivity index (χ3n) is 2.98. The molecule has 0 fully saturated rings. The van der Waals surface area contributed by atoms with Gasteiger partial charge in [0, 0.05) is 5.56 Å². The van der Waals surface area contributed by atoms with Crippen LogP contribution in [0.15, 0.2) is 45.8 Å². The molecule has 0 saturated carbocycles. The number of nitrogens with two attached hydrogens (primary N) is 1. The molecular weight excluding hydrogens is 260 g/mol. The highest BCUT2D eigenvalue weighted by atomic mass is 16.5. The number of hydrogen-bond acceptors (Lipinski definition) is 6. The lowest BCUT2D eigenvalue weighted by atomic mass is 9.84. The highest BCUT2D eigenvalue weighted by Gasteiger charge is 2.36. The molecule has 2 N–H and O–H groups in total. The van der Waals surface area contributed by atoms with Gasteiger partial charge in [0.05, 0.1) is 30.6 Å². The van der Waals surface area contributed by atoms with E-state index in [1.807, 2.05) is 6.07 Å². The lowest BCUT2D eigenvalue weighted by Gasteiger charge is -2.25. The second-order valence-corrected chi connectivity index (χ2v) is 4.17. The topological polar surface area (TPSA) is 98.5 Å². The molecule has 2 rings (SSSR count). The van der Waals surface area contributed by atoms with Crippen LogP contribution in [0.4, 0.5) is 0 Å². The molecule has 0 saturated heterocycles. The summed E-state index contributed by atoms with van der Waals surface area (Å²) in [6.45, 7) is 3.55. The number of rotatable bonds is 3. The second kappa shape index (κ2) is 5.53. The van der Waals surface area contributed by atoms with Gasteiger partial charge in [-0.2, -0.15) is 5.26 Å². The predicted molar refractivity (Wildman–Crippen MR) is 68.7 cm³/mol. The van der Waals surface area contributed by atoms with Gasteiger partial charge in [-0.15, -0.1) is 0 Å².